The van der Waals surface area contributed by atoms with Gasteiger partial charge in [0.05, 0.1) is 0 Å². The molecule has 84 valence electrons. The first-order chi connectivity index (χ1) is 7.70. The van der Waals surface area contributed by atoms with Crippen molar-refractivity contribution >= 4 is 11.4 Å². The van der Waals surface area contributed by atoms with E-state index in [0.717, 1.165) is 5.69 Å². The van der Waals surface area contributed by atoms with Gasteiger partial charge in [0, 0.05) is 25.5 Å². The average Bonchev–Trinajstić information content (AvgIpc) is 2.32. The molecule has 0 aliphatic rings. The lowest BCUT2D eigenvalue weighted by Crippen LogP contribution is -2.07. The number of anilines is 2. The number of nitrogens with two attached hydrogens (primary N) is 1. The van der Waals surface area contributed by atoms with Crippen LogP contribution in [0.2, 0.25) is 0 Å². The Balaban J connectivity index is 0.000000165. The summed E-state index contributed by atoms with van der Waals surface area (Å²) in [5, 5.41) is 0. The van der Waals surface area contributed by atoms with Crippen LogP contribution in [0.25, 0.3) is 0 Å². The third kappa shape index (κ3) is 4.51. The molecular formula is C14H18N2. The lowest BCUT2D eigenvalue weighted by molar-refractivity contribution is 1.13. The molecule has 2 N–H and O–H groups in total. The van der Waals surface area contributed by atoms with E-state index < -0.39 is 0 Å². The molecule has 0 aromatic heterocycles. The van der Waals surface area contributed by atoms with E-state index >= 15 is 0 Å². The molecule has 0 fully saturated rings. The highest BCUT2D eigenvalue weighted by Gasteiger charge is 1.87. The van der Waals surface area contributed by atoms with Crippen molar-refractivity contribution in [3.63, 3.8) is 0 Å². The number of hydrogen-bond donors (Lipinski definition) is 1. The Morgan fingerprint density at radius 2 is 1.19 bits per heavy atom. The molecule has 0 saturated carbocycles. The summed E-state index contributed by atoms with van der Waals surface area (Å²) < 4.78 is 0. The molecule has 0 unspecified atom stereocenters. The van der Waals surface area contributed by atoms with Gasteiger partial charge in [0.2, 0.25) is 0 Å². The zero-order chi connectivity index (χ0) is 11.8. The number of benzene rings is 2. The third-order valence-corrected chi connectivity index (χ3v) is 2.07. The topological polar surface area (TPSA) is 29.3 Å². The number of rotatable bonds is 1. The lowest BCUT2D eigenvalue weighted by Gasteiger charge is -2.10. The van der Waals surface area contributed by atoms with Crippen LogP contribution in [0.4, 0.5) is 11.4 Å². The van der Waals surface area contributed by atoms with Gasteiger partial charge in [-0.05, 0) is 24.3 Å². The van der Waals surface area contributed by atoms with Crippen molar-refractivity contribution in [1.82, 2.24) is 0 Å². The van der Waals surface area contributed by atoms with Gasteiger partial charge in [-0.15, -0.1) is 0 Å². The van der Waals surface area contributed by atoms with Crippen LogP contribution >= 0.6 is 0 Å². The summed E-state index contributed by atoms with van der Waals surface area (Å²) in [6, 6.07) is 19.7. The van der Waals surface area contributed by atoms with E-state index in [1.807, 2.05) is 62.6 Å². The van der Waals surface area contributed by atoms with Gasteiger partial charge in [-0.3, -0.25) is 0 Å². The summed E-state index contributed by atoms with van der Waals surface area (Å²) in [7, 11) is 4.07. The molecule has 0 amide bonds. The van der Waals surface area contributed by atoms with E-state index in [9.17, 15) is 0 Å². The van der Waals surface area contributed by atoms with Crippen LogP contribution in [0.3, 0.4) is 0 Å². The van der Waals surface area contributed by atoms with Gasteiger partial charge in [-0.25, -0.2) is 0 Å². The molecule has 0 atom stereocenters. The number of nitrogen functional groups attached to an aromatic ring is 1. The molecule has 2 heteroatoms. The molecule has 2 aromatic carbocycles. The van der Waals surface area contributed by atoms with Crippen molar-refractivity contribution in [2.24, 2.45) is 0 Å². The van der Waals surface area contributed by atoms with E-state index in [1.54, 1.807) is 0 Å². The molecule has 0 spiro atoms. The van der Waals surface area contributed by atoms with Crippen LogP contribution in [0, 0.1) is 0 Å². The van der Waals surface area contributed by atoms with Crippen LogP contribution in [-0.4, -0.2) is 14.1 Å². The molecule has 0 radical (unpaired) electrons. The van der Waals surface area contributed by atoms with E-state index in [2.05, 4.69) is 17.0 Å². The van der Waals surface area contributed by atoms with Crippen LogP contribution in [0.15, 0.2) is 60.7 Å². The molecule has 16 heavy (non-hydrogen) atoms. The second kappa shape index (κ2) is 6.51. The van der Waals surface area contributed by atoms with Crippen molar-refractivity contribution in [2.45, 2.75) is 0 Å². The fourth-order valence-corrected chi connectivity index (χ4v) is 1.18. The summed E-state index contributed by atoms with van der Waals surface area (Å²) >= 11 is 0. The lowest BCUT2D eigenvalue weighted by atomic mass is 10.3. The summed E-state index contributed by atoms with van der Waals surface area (Å²) in [4.78, 5) is 2.08. The van der Waals surface area contributed by atoms with Gasteiger partial charge in [-0.2, -0.15) is 0 Å². The van der Waals surface area contributed by atoms with Gasteiger partial charge in [0.15, 0.2) is 0 Å². The molecule has 0 aliphatic heterocycles. The van der Waals surface area contributed by atoms with Crippen molar-refractivity contribution in [2.75, 3.05) is 24.7 Å². The minimum atomic E-state index is 0.822. The quantitative estimate of drug-likeness (QED) is 0.739. The Morgan fingerprint density at radius 3 is 1.44 bits per heavy atom. The Morgan fingerprint density at radius 1 is 0.750 bits per heavy atom. The molecule has 0 heterocycles. The van der Waals surface area contributed by atoms with Gasteiger partial charge in [0.25, 0.3) is 0 Å². The molecule has 2 aromatic rings. The van der Waals surface area contributed by atoms with E-state index in [1.165, 1.54) is 5.69 Å². The first-order valence-electron chi connectivity index (χ1n) is 5.23. The van der Waals surface area contributed by atoms with Gasteiger partial charge >= 0.3 is 0 Å². The normalized spacial score (nSPS) is 8.88. The minimum Gasteiger partial charge on any atom is -0.399 e. The minimum absolute atomic E-state index is 0.822. The second-order valence-corrected chi connectivity index (χ2v) is 3.64. The highest BCUT2D eigenvalue weighted by atomic mass is 15.1. The summed E-state index contributed by atoms with van der Waals surface area (Å²) in [5.74, 6) is 0. The molecule has 2 nitrogen and oxygen atoms in total. The maximum atomic E-state index is 5.36. The maximum Gasteiger partial charge on any atom is 0.0360 e. The monoisotopic (exact) mass is 214 g/mol. The Kier molecular flexibility index (Phi) is 4.93. The van der Waals surface area contributed by atoms with Gasteiger partial charge in [0.1, 0.15) is 0 Å². The second-order valence-electron chi connectivity index (χ2n) is 3.64. The number of para-hydroxylation sites is 2. The van der Waals surface area contributed by atoms with Crippen molar-refractivity contribution < 1.29 is 0 Å². The predicted octanol–water partition coefficient (Wildman–Crippen LogP) is 3.02. The Labute approximate surface area is 97.3 Å². The fourth-order valence-electron chi connectivity index (χ4n) is 1.18. The van der Waals surface area contributed by atoms with Crippen LogP contribution in [0.5, 0.6) is 0 Å². The highest BCUT2D eigenvalue weighted by Crippen LogP contribution is 2.07. The van der Waals surface area contributed by atoms with Crippen LogP contribution in [0.1, 0.15) is 0 Å². The summed E-state index contributed by atoms with van der Waals surface area (Å²) in [6.07, 6.45) is 0. The molecule has 0 bridgehead atoms. The zero-order valence-electron chi connectivity index (χ0n) is 9.80. The Hall–Kier alpha value is -1.96. The standard InChI is InChI=1S/C8H11N.C6H7N/c1-9(2)8-6-4-3-5-7-8;7-6-4-2-1-3-5-6/h3-7H,1-2H3;1-5H,7H2. The van der Waals surface area contributed by atoms with Gasteiger partial charge < -0.3 is 10.6 Å². The number of hydrogen-bond acceptors (Lipinski definition) is 2. The summed E-state index contributed by atoms with van der Waals surface area (Å²) in [5.41, 5.74) is 7.43. The molecule has 0 saturated heterocycles. The highest BCUT2D eigenvalue weighted by molar-refractivity contribution is 5.43. The first-order valence-corrected chi connectivity index (χ1v) is 5.23. The van der Waals surface area contributed by atoms with Crippen LogP contribution < -0.4 is 10.6 Å². The fraction of sp³-hybridized carbons (Fsp3) is 0.143. The van der Waals surface area contributed by atoms with Crippen molar-refractivity contribution in [1.29, 1.82) is 0 Å². The average molecular weight is 214 g/mol. The molecule has 2 rings (SSSR count). The largest absolute Gasteiger partial charge is 0.399 e. The van der Waals surface area contributed by atoms with Gasteiger partial charge in [-0.1, -0.05) is 36.4 Å². The smallest absolute Gasteiger partial charge is 0.0360 e. The van der Waals surface area contributed by atoms with E-state index in [0.29, 0.717) is 0 Å². The molecular weight excluding hydrogens is 196 g/mol. The predicted molar refractivity (Wildman–Crippen MR) is 71.6 cm³/mol. The Bertz CT molecular complexity index is 382. The van der Waals surface area contributed by atoms with Crippen LogP contribution in [-0.2, 0) is 0 Å². The SMILES string of the molecule is CN(C)c1ccccc1.Nc1ccccc1. The van der Waals surface area contributed by atoms with E-state index in [-0.39, 0.29) is 0 Å². The molecule has 0 aliphatic carbocycles. The number of nitrogens with zero attached hydrogens (tertiary/aromatic N) is 1. The summed E-state index contributed by atoms with van der Waals surface area (Å²) in [6.45, 7) is 0. The first kappa shape index (κ1) is 12.1. The van der Waals surface area contributed by atoms with Crippen molar-refractivity contribution in [3.8, 4) is 0 Å². The van der Waals surface area contributed by atoms with Crippen molar-refractivity contribution in [3.05, 3.63) is 60.7 Å². The van der Waals surface area contributed by atoms with E-state index in [4.69, 9.17) is 5.73 Å². The maximum absolute atomic E-state index is 5.36. The zero-order valence-corrected chi connectivity index (χ0v) is 9.80. The third-order valence-electron chi connectivity index (χ3n) is 2.07.